The molecule has 0 spiro atoms. The molecule has 1 heterocycles. The quantitative estimate of drug-likeness (QED) is 0.111. The number of aliphatic hydroxyl groups is 3. The predicted octanol–water partition coefficient (Wildman–Crippen LogP) is 2.46. The van der Waals surface area contributed by atoms with Gasteiger partial charge in [0, 0.05) is 26.8 Å². The van der Waals surface area contributed by atoms with Gasteiger partial charge in [-0.05, 0) is 63.7 Å². The number of rotatable bonds is 22. The second-order valence-corrected chi connectivity index (χ2v) is 15.9. The lowest BCUT2D eigenvalue weighted by Gasteiger charge is -2.44. The van der Waals surface area contributed by atoms with Crippen LogP contribution in [0.4, 0.5) is 0 Å². The summed E-state index contributed by atoms with van der Waals surface area (Å²) in [5.41, 5.74) is 0.851. The molecule has 1 fully saturated rings. The van der Waals surface area contributed by atoms with Gasteiger partial charge >= 0.3 is 0 Å². The molecule has 0 aromatic heterocycles. The third kappa shape index (κ3) is 12.7. The lowest BCUT2D eigenvalue weighted by molar-refractivity contribution is -0.146. The number of methoxy groups -OCH3 is 2. The van der Waals surface area contributed by atoms with Crippen molar-refractivity contribution in [3.63, 3.8) is 0 Å². The van der Waals surface area contributed by atoms with Crippen LogP contribution in [0.5, 0.6) is 0 Å². The van der Waals surface area contributed by atoms with Gasteiger partial charge in [-0.25, -0.2) is 0 Å². The maximum absolute atomic E-state index is 14.2. The molecule has 1 aliphatic heterocycles. The molecule has 3 amide bonds. The van der Waals surface area contributed by atoms with E-state index in [1.807, 2.05) is 89.0 Å². The summed E-state index contributed by atoms with van der Waals surface area (Å²) in [5, 5.41) is 37.9. The average Bonchev–Trinajstić information content (AvgIpc) is 3.59. The highest BCUT2D eigenvalue weighted by atomic mass is 16.5. The molecule has 0 bridgehead atoms. The monoisotopic (exact) mass is 750 g/mol. The zero-order valence-corrected chi connectivity index (χ0v) is 34.4. The van der Waals surface area contributed by atoms with Gasteiger partial charge in [0.25, 0.3) is 0 Å². The molecule has 1 aliphatic rings. The standard InChI is InChI=1S/C40H71N5O8/c1-13-26(6)35(44(10)39(49)33(24(2)3)42-38(48)34(25(4)5)43(8)9)31(52-11)23-32(46)45-21-17-20-30(45)36(53-12)27(7)37(47)41-29(40(50)51)22-28-18-15-14-16-19-28/h14-16,18-19,24-27,29-31,33-36,39-40,49-51H,13,17,20-23H2,1-12H3,(H,41,47)(H,42,48)/t26-,27?,29?,30?,31?,33-,34-,35-,36?,39?/m0/s1. The van der Waals surface area contributed by atoms with Gasteiger partial charge in [0.05, 0.1) is 48.7 Å². The number of carbonyl (C=O) groups excluding carboxylic acids is 3. The van der Waals surface area contributed by atoms with Crippen LogP contribution >= 0.6 is 0 Å². The Hall–Kier alpha value is -2.65. The van der Waals surface area contributed by atoms with E-state index >= 15 is 0 Å². The van der Waals surface area contributed by atoms with Crippen LogP contribution in [0.1, 0.15) is 79.7 Å². The molecule has 5 N–H and O–H groups in total. The summed E-state index contributed by atoms with van der Waals surface area (Å²) < 4.78 is 11.9. The maximum atomic E-state index is 14.2. The van der Waals surface area contributed by atoms with E-state index in [1.54, 1.807) is 18.9 Å². The van der Waals surface area contributed by atoms with Crippen LogP contribution in [0, 0.1) is 23.7 Å². The summed E-state index contributed by atoms with van der Waals surface area (Å²) in [5.74, 6) is -1.38. The third-order valence-corrected chi connectivity index (χ3v) is 11.1. The summed E-state index contributed by atoms with van der Waals surface area (Å²) in [7, 11) is 8.66. The van der Waals surface area contributed by atoms with E-state index in [9.17, 15) is 29.7 Å². The summed E-state index contributed by atoms with van der Waals surface area (Å²) >= 11 is 0. The summed E-state index contributed by atoms with van der Waals surface area (Å²) in [4.78, 5) is 46.7. The first-order chi connectivity index (χ1) is 24.9. The Labute approximate surface area is 318 Å². The van der Waals surface area contributed by atoms with Crippen molar-refractivity contribution < 1.29 is 39.2 Å². The van der Waals surface area contributed by atoms with Crippen molar-refractivity contribution in [2.75, 3.05) is 41.9 Å². The molecule has 0 saturated carbocycles. The summed E-state index contributed by atoms with van der Waals surface area (Å²) in [6.07, 6.45) is -1.62. The minimum atomic E-state index is -1.76. The molecule has 1 aromatic rings. The minimum absolute atomic E-state index is 0.0247. The van der Waals surface area contributed by atoms with Crippen LogP contribution in [-0.2, 0) is 30.3 Å². The zero-order chi connectivity index (χ0) is 40.2. The lowest BCUT2D eigenvalue weighted by Crippen LogP contribution is -2.61. The van der Waals surface area contributed by atoms with Crippen molar-refractivity contribution in [3.8, 4) is 0 Å². The number of ether oxygens (including phenoxy) is 2. The number of nitrogens with one attached hydrogen (secondary N) is 2. The van der Waals surface area contributed by atoms with Crippen molar-refractivity contribution in [3.05, 3.63) is 35.9 Å². The fourth-order valence-electron chi connectivity index (χ4n) is 8.00. The van der Waals surface area contributed by atoms with E-state index in [-0.39, 0.29) is 60.5 Å². The number of carbonyl (C=O) groups is 3. The Morgan fingerprint density at radius 1 is 0.906 bits per heavy atom. The number of nitrogens with zero attached hydrogens (tertiary/aromatic N) is 3. The van der Waals surface area contributed by atoms with Crippen molar-refractivity contribution >= 4 is 17.7 Å². The van der Waals surface area contributed by atoms with Crippen LogP contribution in [0.2, 0.25) is 0 Å². The van der Waals surface area contributed by atoms with Gasteiger partial charge in [-0.15, -0.1) is 0 Å². The summed E-state index contributed by atoms with van der Waals surface area (Å²) in [6, 6.07) is 6.67. The zero-order valence-electron chi connectivity index (χ0n) is 34.4. The maximum Gasteiger partial charge on any atom is 0.237 e. The number of amides is 3. The number of benzene rings is 1. The van der Waals surface area contributed by atoms with Crippen LogP contribution < -0.4 is 10.6 Å². The fourth-order valence-corrected chi connectivity index (χ4v) is 8.00. The molecule has 2 rings (SSSR count). The van der Waals surface area contributed by atoms with Crippen LogP contribution in [0.25, 0.3) is 0 Å². The highest BCUT2D eigenvalue weighted by molar-refractivity contribution is 5.82. The normalized spacial score (nSPS) is 20.3. The largest absolute Gasteiger partial charge is 0.379 e. The van der Waals surface area contributed by atoms with Crippen LogP contribution in [0.3, 0.4) is 0 Å². The predicted molar refractivity (Wildman–Crippen MR) is 207 cm³/mol. The molecule has 13 nitrogen and oxygen atoms in total. The molecular formula is C40H71N5O8. The Balaban J connectivity index is 2.27. The Morgan fingerprint density at radius 2 is 1.53 bits per heavy atom. The molecule has 6 unspecified atom stereocenters. The average molecular weight is 750 g/mol. The van der Waals surface area contributed by atoms with E-state index in [1.165, 1.54) is 7.11 Å². The minimum Gasteiger partial charge on any atom is -0.379 e. The van der Waals surface area contributed by atoms with Crippen molar-refractivity contribution in [1.29, 1.82) is 0 Å². The van der Waals surface area contributed by atoms with Crippen LogP contribution in [0.15, 0.2) is 30.3 Å². The number of hydrogen-bond acceptors (Lipinski definition) is 10. The van der Waals surface area contributed by atoms with E-state index < -0.39 is 48.6 Å². The van der Waals surface area contributed by atoms with Gasteiger partial charge < -0.3 is 40.3 Å². The first-order valence-corrected chi connectivity index (χ1v) is 19.3. The second kappa shape index (κ2) is 22.0. The Morgan fingerprint density at radius 3 is 2.02 bits per heavy atom. The van der Waals surface area contributed by atoms with Gasteiger partial charge in [0.15, 0.2) is 6.29 Å². The number of hydrogen-bond donors (Lipinski definition) is 5. The van der Waals surface area contributed by atoms with Gasteiger partial charge in [-0.1, -0.05) is 85.2 Å². The lowest BCUT2D eigenvalue weighted by atomic mass is 9.89. The molecule has 0 aliphatic carbocycles. The number of aliphatic hydroxyl groups excluding tert-OH is 2. The Kier molecular flexibility index (Phi) is 19.3. The van der Waals surface area contributed by atoms with E-state index in [2.05, 4.69) is 24.5 Å². The van der Waals surface area contributed by atoms with E-state index in [4.69, 9.17) is 9.47 Å². The van der Waals surface area contributed by atoms with Gasteiger partial charge in [0.1, 0.15) is 6.23 Å². The highest BCUT2D eigenvalue weighted by Gasteiger charge is 2.43. The number of likely N-dealkylation sites (tertiary alicyclic amines) is 1. The molecular weight excluding hydrogens is 678 g/mol. The smallest absolute Gasteiger partial charge is 0.237 e. The second-order valence-electron chi connectivity index (χ2n) is 15.9. The molecule has 10 atom stereocenters. The van der Waals surface area contributed by atoms with Crippen LogP contribution in [-0.4, -0.2) is 145 Å². The first-order valence-electron chi connectivity index (χ1n) is 19.3. The highest BCUT2D eigenvalue weighted by Crippen LogP contribution is 2.30. The first kappa shape index (κ1) is 46.5. The van der Waals surface area contributed by atoms with Gasteiger partial charge in [0.2, 0.25) is 17.7 Å². The van der Waals surface area contributed by atoms with E-state index in [0.29, 0.717) is 13.0 Å². The molecule has 0 radical (unpaired) electrons. The molecule has 1 saturated heterocycles. The van der Waals surface area contributed by atoms with Crippen molar-refractivity contribution in [2.24, 2.45) is 23.7 Å². The number of likely N-dealkylation sites (N-methyl/N-ethyl adjacent to an activating group) is 2. The Bertz CT molecular complexity index is 1240. The molecule has 53 heavy (non-hydrogen) atoms. The summed E-state index contributed by atoms with van der Waals surface area (Å²) in [6.45, 7) is 14.3. The van der Waals surface area contributed by atoms with Crippen molar-refractivity contribution in [1.82, 2.24) is 25.3 Å². The molecule has 13 heteroatoms. The fraction of sp³-hybridized carbons (Fsp3) is 0.775. The molecule has 1 aromatic carbocycles. The van der Waals surface area contributed by atoms with Gasteiger partial charge in [-0.2, -0.15) is 0 Å². The SMILES string of the molecule is CC[C@H](C)[C@@H](C(CC(=O)N1CCCC1C(OC)C(C)C(=O)NC(Cc1ccccc1)C(O)O)OC)N(C)C(O)[C@@H](NC(=O)[C@H](C(C)C)N(C)C)C(C)C. The molecule has 304 valence electrons. The topological polar surface area (TPSA) is 164 Å². The third-order valence-electron chi connectivity index (χ3n) is 11.1. The van der Waals surface area contributed by atoms with E-state index in [0.717, 1.165) is 18.4 Å². The van der Waals surface area contributed by atoms with Crippen molar-refractivity contribution in [2.45, 2.75) is 136 Å². The van der Waals surface area contributed by atoms with Gasteiger partial charge in [-0.3, -0.25) is 24.2 Å².